The second-order valence-corrected chi connectivity index (χ2v) is 6.37. The van der Waals surface area contributed by atoms with Crippen LogP contribution in [0.4, 0.5) is 0 Å². The Hall–Kier alpha value is -0.530. The highest BCUT2D eigenvalue weighted by Crippen LogP contribution is 2.30. The van der Waals surface area contributed by atoms with Crippen molar-refractivity contribution in [3.63, 3.8) is 0 Å². The molecule has 0 aliphatic carbocycles. The average molecular weight is 313 g/mol. The van der Waals surface area contributed by atoms with Gasteiger partial charge in [0, 0.05) is 17.1 Å². The van der Waals surface area contributed by atoms with Crippen LogP contribution in [-0.2, 0) is 16.6 Å². The van der Waals surface area contributed by atoms with Gasteiger partial charge in [0.1, 0.15) is 5.75 Å². The van der Waals surface area contributed by atoms with Crippen LogP contribution in [-0.4, -0.2) is 25.8 Å². The third kappa shape index (κ3) is 5.41. The number of phenols is 1. The molecule has 0 unspecified atom stereocenters. The zero-order valence-electron chi connectivity index (χ0n) is 9.49. The predicted octanol–water partition coefficient (Wildman–Crippen LogP) is 1.47. The van der Waals surface area contributed by atoms with E-state index in [0.717, 1.165) is 0 Å². The van der Waals surface area contributed by atoms with Gasteiger partial charge in [-0.2, -0.15) is 0 Å². The first-order valence-corrected chi connectivity index (χ1v) is 7.65. The standard InChI is InChI=1S/C10H14Cl2N2O3S/c11-8-4-7(10(15)9(12)5-8)6-14-2-1-3-18(13,16)17/h4-5,14-15H,1-3,6H2,(H2,13,16,17). The van der Waals surface area contributed by atoms with Gasteiger partial charge in [0.25, 0.3) is 0 Å². The normalized spacial score (nSPS) is 11.7. The van der Waals surface area contributed by atoms with E-state index in [9.17, 15) is 13.5 Å². The molecule has 1 rings (SSSR count). The van der Waals surface area contributed by atoms with E-state index in [1.54, 1.807) is 6.07 Å². The van der Waals surface area contributed by atoms with Crippen molar-refractivity contribution in [1.82, 2.24) is 5.32 Å². The molecule has 1 aromatic carbocycles. The van der Waals surface area contributed by atoms with Gasteiger partial charge in [0.15, 0.2) is 0 Å². The van der Waals surface area contributed by atoms with E-state index >= 15 is 0 Å². The molecule has 0 saturated carbocycles. The Balaban J connectivity index is 2.45. The number of primary sulfonamides is 1. The molecule has 5 nitrogen and oxygen atoms in total. The number of rotatable bonds is 6. The van der Waals surface area contributed by atoms with E-state index < -0.39 is 10.0 Å². The number of nitrogens with one attached hydrogen (secondary N) is 1. The van der Waals surface area contributed by atoms with Crippen molar-refractivity contribution in [2.75, 3.05) is 12.3 Å². The molecule has 0 heterocycles. The fourth-order valence-electron chi connectivity index (χ4n) is 1.38. The molecule has 0 radical (unpaired) electrons. The van der Waals surface area contributed by atoms with Gasteiger partial charge in [0.2, 0.25) is 10.0 Å². The molecule has 0 aromatic heterocycles. The van der Waals surface area contributed by atoms with Crippen molar-refractivity contribution in [1.29, 1.82) is 0 Å². The second kappa shape index (κ2) is 6.58. The minimum Gasteiger partial charge on any atom is -0.506 e. The molecule has 4 N–H and O–H groups in total. The lowest BCUT2D eigenvalue weighted by Crippen LogP contribution is -2.22. The summed E-state index contributed by atoms with van der Waals surface area (Å²) in [6.07, 6.45) is 0.397. The largest absolute Gasteiger partial charge is 0.506 e. The predicted molar refractivity (Wildman–Crippen MR) is 72.4 cm³/mol. The van der Waals surface area contributed by atoms with Crippen molar-refractivity contribution < 1.29 is 13.5 Å². The highest BCUT2D eigenvalue weighted by atomic mass is 35.5. The smallest absolute Gasteiger partial charge is 0.209 e. The van der Waals surface area contributed by atoms with E-state index in [0.29, 0.717) is 30.1 Å². The number of halogens is 2. The average Bonchev–Trinajstić information content (AvgIpc) is 2.22. The summed E-state index contributed by atoms with van der Waals surface area (Å²) in [6.45, 7) is 0.802. The Morgan fingerprint density at radius 2 is 2.00 bits per heavy atom. The lowest BCUT2D eigenvalue weighted by atomic mass is 10.2. The third-order valence-corrected chi connectivity index (χ3v) is 3.57. The van der Waals surface area contributed by atoms with Crippen LogP contribution in [0.25, 0.3) is 0 Å². The summed E-state index contributed by atoms with van der Waals surface area (Å²) in [5.41, 5.74) is 0.558. The summed E-state index contributed by atoms with van der Waals surface area (Å²) in [4.78, 5) is 0. The van der Waals surface area contributed by atoms with Crippen molar-refractivity contribution in [2.45, 2.75) is 13.0 Å². The molecule has 102 valence electrons. The first kappa shape index (κ1) is 15.5. The van der Waals surface area contributed by atoms with E-state index in [4.69, 9.17) is 28.3 Å². The van der Waals surface area contributed by atoms with Crippen LogP contribution in [0.2, 0.25) is 10.0 Å². The molecule has 8 heteroatoms. The molecule has 0 aliphatic rings. The summed E-state index contributed by atoms with van der Waals surface area (Å²) in [5, 5.41) is 18.1. The first-order chi connectivity index (χ1) is 8.29. The van der Waals surface area contributed by atoms with E-state index in [1.807, 2.05) is 0 Å². The van der Waals surface area contributed by atoms with E-state index in [1.165, 1.54) is 6.07 Å². The van der Waals surface area contributed by atoms with E-state index in [2.05, 4.69) is 5.32 Å². The maximum Gasteiger partial charge on any atom is 0.209 e. The molecule has 0 bridgehead atoms. The first-order valence-electron chi connectivity index (χ1n) is 5.17. The molecule has 0 spiro atoms. The Morgan fingerprint density at radius 3 is 2.61 bits per heavy atom. The van der Waals surface area contributed by atoms with Gasteiger partial charge in [-0.3, -0.25) is 0 Å². The zero-order valence-corrected chi connectivity index (χ0v) is 11.8. The summed E-state index contributed by atoms with van der Waals surface area (Å²) in [5.74, 6) is -0.109. The SMILES string of the molecule is NS(=O)(=O)CCCNCc1cc(Cl)cc(Cl)c1O. The molecule has 0 amide bonds. The molecular weight excluding hydrogens is 299 g/mol. The zero-order chi connectivity index (χ0) is 13.8. The molecule has 0 saturated heterocycles. The van der Waals surface area contributed by atoms with Crippen molar-refractivity contribution >= 4 is 33.2 Å². The minimum atomic E-state index is -3.42. The van der Waals surface area contributed by atoms with Gasteiger partial charge < -0.3 is 10.4 Å². The van der Waals surface area contributed by atoms with Crippen molar-refractivity contribution in [2.24, 2.45) is 5.14 Å². The maximum atomic E-state index is 10.7. The number of nitrogens with two attached hydrogens (primary N) is 1. The maximum absolute atomic E-state index is 10.7. The Kier molecular flexibility index (Phi) is 5.68. The monoisotopic (exact) mass is 312 g/mol. The molecule has 0 atom stereocenters. The molecule has 18 heavy (non-hydrogen) atoms. The molecule has 0 fully saturated rings. The van der Waals surface area contributed by atoms with Crippen LogP contribution >= 0.6 is 23.2 Å². The van der Waals surface area contributed by atoms with Crippen LogP contribution in [0.15, 0.2) is 12.1 Å². The number of benzene rings is 1. The fourth-order valence-corrected chi connectivity index (χ4v) is 2.46. The van der Waals surface area contributed by atoms with E-state index in [-0.39, 0.29) is 16.5 Å². The van der Waals surface area contributed by atoms with Crippen LogP contribution in [0.5, 0.6) is 5.75 Å². The Morgan fingerprint density at radius 1 is 1.33 bits per heavy atom. The number of aromatic hydroxyl groups is 1. The Bertz CT molecular complexity index is 520. The minimum absolute atomic E-state index is 0.0278. The molecule has 0 aliphatic heterocycles. The quantitative estimate of drug-likeness (QED) is 0.693. The van der Waals surface area contributed by atoms with Crippen LogP contribution < -0.4 is 10.5 Å². The van der Waals surface area contributed by atoms with Crippen LogP contribution in [0, 0.1) is 0 Å². The summed E-state index contributed by atoms with van der Waals surface area (Å²) >= 11 is 11.6. The molecular formula is C10H14Cl2N2O3S. The third-order valence-electron chi connectivity index (χ3n) is 2.20. The number of hydrogen-bond acceptors (Lipinski definition) is 4. The second-order valence-electron chi connectivity index (χ2n) is 3.79. The number of phenolic OH excluding ortho intramolecular Hbond substituents is 1. The lowest BCUT2D eigenvalue weighted by molar-refractivity contribution is 0.464. The topological polar surface area (TPSA) is 92.4 Å². The van der Waals surface area contributed by atoms with Crippen molar-refractivity contribution in [3.05, 3.63) is 27.7 Å². The summed E-state index contributed by atoms with van der Waals surface area (Å²) < 4.78 is 21.4. The van der Waals surface area contributed by atoms with Gasteiger partial charge in [0.05, 0.1) is 10.8 Å². The van der Waals surface area contributed by atoms with Crippen molar-refractivity contribution in [3.8, 4) is 5.75 Å². The van der Waals surface area contributed by atoms with Gasteiger partial charge in [-0.25, -0.2) is 13.6 Å². The van der Waals surface area contributed by atoms with Crippen LogP contribution in [0.1, 0.15) is 12.0 Å². The van der Waals surface area contributed by atoms with Gasteiger partial charge in [-0.05, 0) is 25.1 Å². The van der Waals surface area contributed by atoms with Gasteiger partial charge in [-0.15, -0.1) is 0 Å². The highest BCUT2D eigenvalue weighted by molar-refractivity contribution is 7.89. The molecule has 1 aromatic rings. The van der Waals surface area contributed by atoms with Gasteiger partial charge >= 0.3 is 0 Å². The summed E-state index contributed by atoms with van der Waals surface area (Å²) in [7, 11) is -3.42. The summed E-state index contributed by atoms with van der Waals surface area (Å²) in [6, 6.07) is 3.04. The highest BCUT2D eigenvalue weighted by Gasteiger charge is 2.07. The Labute approximate surface area is 116 Å². The van der Waals surface area contributed by atoms with Crippen LogP contribution in [0.3, 0.4) is 0 Å². The number of sulfonamides is 1. The lowest BCUT2D eigenvalue weighted by Gasteiger charge is -2.08. The van der Waals surface area contributed by atoms with Gasteiger partial charge in [-0.1, -0.05) is 23.2 Å². The fraction of sp³-hybridized carbons (Fsp3) is 0.400. The number of hydrogen-bond donors (Lipinski definition) is 3.